The molecule has 2 aromatic heterocycles. The molecule has 1 saturated heterocycles. The van der Waals surface area contributed by atoms with E-state index >= 15 is 0 Å². The molecule has 14 nitrogen and oxygen atoms in total. The Hall–Kier alpha value is -2.19. The lowest BCUT2D eigenvalue weighted by Gasteiger charge is -2.27. The predicted molar refractivity (Wildman–Crippen MR) is 96.3 cm³/mol. The maximum absolute atomic E-state index is 12.0. The molecule has 7 N–H and O–H groups in total. The summed E-state index contributed by atoms with van der Waals surface area (Å²) >= 11 is 0. The van der Waals surface area contributed by atoms with Crippen molar-refractivity contribution in [2.75, 3.05) is 12.3 Å². The zero-order valence-corrected chi connectivity index (χ0v) is 16.3. The fraction of sp³-hybridized carbons (Fsp3) is 0.571. The van der Waals surface area contributed by atoms with E-state index in [9.17, 15) is 24.5 Å². The number of aliphatic hydroxyl groups is 2. The van der Waals surface area contributed by atoms with E-state index in [4.69, 9.17) is 20.1 Å². The summed E-state index contributed by atoms with van der Waals surface area (Å²) in [5.41, 5.74) is 4.42. The summed E-state index contributed by atoms with van der Waals surface area (Å²) in [5.74, 6) is -1.23. The quantitative estimate of drug-likeness (QED) is 0.278. The van der Waals surface area contributed by atoms with Gasteiger partial charge in [0.25, 0.3) is 0 Å². The topological polar surface area (TPSA) is 215 Å². The van der Waals surface area contributed by atoms with Gasteiger partial charge in [-0.3, -0.25) is 13.9 Å². The highest BCUT2D eigenvalue weighted by Crippen LogP contribution is 2.43. The number of anilines is 1. The van der Waals surface area contributed by atoms with Gasteiger partial charge < -0.3 is 30.7 Å². The van der Waals surface area contributed by atoms with Crippen LogP contribution in [0.5, 0.6) is 0 Å². The molecule has 3 rings (SSSR count). The number of hydrogen-bond donors (Lipinski definition) is 6. The fourth-order valence-corrected chi connectivity index (χ4v) is 3.95. The fourth-order valence-electron chi connectivity index (χ4n) is 2.93. The summed E-state index contributed by atoms with van der Waals surface area (Å²) in [6, 6.07) is -1.35. The van der Waals surface area contributed by atoms with Crippen molar-refractivity contribution in [1.82, 2.24) is 24.6 Å². The lowest BCUT2D eigenvalue weighted by atomic mass is 9.96. The molecule has 160 valence electrons. The van der Waals surface area contributed by atoms with Crippen LogP contribution in [0.1, 0.15) is 20.1 Å². The van der Waals surface area contributed by atoms with E-state index in [1.807, 2.05) is 5.09 Å². The summed E-state index contributed by atoms with van der Waals surface area (Å²) in [7, 11) is -4.51. The van der Waals surface area contributed by atoms with Crippen molar-refractivity contribution in [3.05, 3.63) is 12.7 Å². The molecule has 0 bridgehead atoms. The van der Waals surface area contributed by atoms with Crippen molar-refractivity contribution < 1.29 is 38.8 Å². The Morgan fingerprint density at radius 1 is 1.52 bits per heavy atom. The third-order valence-electron chi connectivity index (χ3n) is 4.54. The third-order valence-corrected chi connectivity index (χ3v) is 5.75. The first-order valence-electron chi connectivity index (χ1n) is 8.41. The van der Waals surface area contributed by atoms with Crippen LogP contribution >= 0.6 is 7.75 Å². The maximum atomic E-state index is 12.0. The Morgan fingerprint density at radius 3 is 2.86 bits per heavy atom. The summed E-state index contributed by atoms with van der Waals surface area (Å²) in [6.45, 7) is 1.86. The Labute approximate surface area is 163 Å². The zero-order chi connectivity index (χ0) is 21.6. The van der Waals surface area contributed by atoms with E-state index in [2.05, 4.69) is 15.0 Å². The smallest absolute Gasteiger partial charge is 0.403 e. The van der Waals surface area contributed by atoms with Crippen LogP contribution in [-0.2, 0) is 18.6 Å². The highest BCUT2D eigenvalue weighted by molar-refractivity contribution is 7.50. The van der Waals surface area contributed by atoms with Gasteiger partial charge in [0.05, 0.1) is 12.9 Å². The van der Waals surface area contributed by atoms with Crippen LogP contribution in [0, 0.1) is 0 Å². The van der Waals surface area contributed by atoms with Crippen molar-refractivity contribution in [3.8, 4) is 0 Å². The van der Waals surface area contributed by atoms with Crippen LogP contribution in [0.4, 0.5) is 5.82 Å². The molecule has 6 atom stereocenters. The van der Waals surface area contributed by atoms with Crippen LogP contribution in [0.3, 0.4) is 0 Å². The average molecular weight is 432 g/mol. The van der Waals surface area contributed by atoms with E-state index in [1.54, 1.807) is 0 Å². The van der Waals surface area contributed by atoms with Gasteiger partial charge in [-0.05, 0) is 13.8 Å². The van der Waals surface area contributed by atoms with Gasteiger partial charge in [0.15, 0.2) is 17.7 Å². The Morgan fingerprint density at radius 2 is 2.21 bits per heavy atom. The minimum Gasteiger partial charge on any atom is -0.480 e. The number of hydrogen-bond acceptors (Lipinski definition) is 10. The van der Waals surface area contributed by atoms with Crippen LogP contribution in [-0.4, -0.2) is 76.2 Å². The minimum absolute atomic E-state index is 0.117. The highest BCUT2D eigenvalue weighted by atomic mass is 31.2. The van der Waals surface area contributed by atoms with Gasteiger partial charge in [-0.15, -0.1) is 0 Å². The number of imidazole rings is 1. The molecule has 0 amide bonds. The van der Waals surface area contributed by atoms with Gasteiger partial charge in [0, 0.05) is 0 Å². The van der Waals surface area contributed by atoms with E-state index < -0.39 is 50.4 Å². The molecule has 2 aromatic rings. The number of aliphatic hydroxyl groups excluding tert-OH is 1. The number of carbonyl (C=O) groups is 1. The van der Waals surface area contributed by atoms with Gasteiger partial charge in [0.2, 0.25) is 0 Å². The number of ether oxygens (including phenoxy) is 1. The molecule has 0 saturated carbocycles. The van der Waals surface area contributed by atoms with Crippen LogP contribution in [0.2, 0.25) is 0 Å². The van der Waals surface area contributed by atoms with E-state index in [-0.39, 0.29) is 17.0 Å². The van der Waals surface area contributed by atoms with Crippen molar-refractivity contribution >= 4 is 30.7 Å². The number of nitrogens with zero attached hydrogens (tertiary/aromatic N) is 4. The number of carboxylic acids is 1. The second kappa shape index (κ2) is 7.57. The second-order valence-electron chi connectivity index (χ2n) is 6.79. The molecule has 1 aliphatic rings. The standard InChI is InChI=1S/C14H21N6O8P/c1-6(12(22)23)19-29(25,26)27-3-7-9(21)14(2,24)13(28-7)20-5-18-8-10(15)16-4-17-11(8)20/h4-7,9,13,21,24H,3H2,1-2H3,(H,22,23)(H2,15,16,17)(H2,19,25,26)/t6?,7-,9+,13-,14?/m1/s1. The number of nitrogen functional groups attached to an aromatic ring is 1. The molecule has 0 radical (unpaired) electrons. The third kappa shape index (κ3) is 4.09. The number of aliphatic carboxylic acids is 1. The molecule has 3 unspecified atom stereocenters. The SMILES string of the molecule is CC(NP(=O)(O)OC[C@H]1O[C@@H](n2cnc3c(N)ncnc32)C(C)(O)[C@H]1O)C(=O)O. The average Bonchev–Trinajstić information content (AvgIpc) is 3.14. The largest absolute Gasteiger partial charge is 0.480 e. The second-order valence-corrected chi connectivity index (χ2v) is 8.34. The van der Waals surface area contributed by atoms with Gasteiger partial charge >= 0.3 is 13.7 Å². The number of aromatic nitrogens is 4. The first-order valence-corrected chi connectivity index (χ1v) is 9.98. The Balaban J connectivity index is 1.77. The van der Waals surface area contributed by atoms with E-state index in [0.717, 1.165) is 6.92 Å². The monoisotopic (exact) mass is 432 g/mol. The summed E-state index contributed by atoms with van der Waals surface area (Å²) < 4.78 is 23.8. The van der Waals surface area contributed by atoms with Gasteiger partial charge in [-0.25, -0.2) is 24.6 Å². The molecule has 0 aliphatic carbocycles. The van der Waals surface area contributed by atoms with Crippen molar-refractivity contribution in [2.45, 2.75) is 43.9 Å². The lowest BCUT2D eigenvalue weighted by molar-refractivity contribution is -0.138. The molecule has 1 fully saturated rings. The van der Waals surface area contributed by atoms with Crippen LogP contribution in [0.25, 0.3) is 11.2 Å². The molecule has 1 aliphatic heterocycles. The predicted octanol–water partition coefficient (Wildman–Crippen LogP) is -1.40. The molecular formula is C14H21N6O8P. The molecule has 15 heteroatoms. The highest BCUT2D eigenvalue weighted by Gasteiger charge is 2.54. The Bertz CT molecular complexity index is 967. The van der Waals surface area contributed by atoms with Gasteiger partial charge in [-0.1, -0.05) is 0 Å². The molecule has 3 heterocycles. The molecule has 29 heavy (non-hydrogen) atoms. The number of rotatable bonds is 7. The van der Waals surface area contributed by atoms with E-state index in [1.165, 1.54) is 24.1 Å². The summed E-state index contributed by atoms with van der Waals surface area (Å²) in [4.78, 5) is 32.5. The number of fused-ring (bicyclic) bond motifs is 1. The summed E-state index contributed by atoms with van der Waals surface area (Å²) in [6.07, 6.45) is -1.39. The zero-order valence-electron chi connectivity index (χ0n) is 15.4. The van der Waals surface area contributed by atoms with Crippen molar-refractivity contribution in [3.63, 3.8) is 0 Å². The lowest BCUT2D eigenvalue weighted by Crippen LogP contribution is -2.44. The first kappa shape index (κ1) is 21.5. The maximum Gasteiger partial charge on any atom is 0.403 e. The van der Waals surface area contributed by atoms with Gasteiger partial charge in [0.1, 0.15) is 35.7 Å². The van der Waals surface area contributed by atoms with Crippen LogP contribution < -0.4 is 10.8 Å². The van der Waals surface area contributed by atoms with Crippen molar-refractivity contribution in [1.29, 1.82) is 0 Å². The number of carboxylic acid groups (broad SMARTS) is 1. The Kier molecular flexibility index (Phi) is 5.62. The molecule has 0 aromatic carbocycles. The van der Waals surface area contributed by atoms with Gasteiger partial charge in [-0.2, -0.15) is 0 Å². The molecule has 0 spiro atoms. The molecular weight excluding hydrogens is 411 g/mol. The number of nitrogens with two attached hydrogens (primary N) is 1. The first-order chi connectivity index (χ1) is 13.4. The normalized spacial score (nSPS) is 30.3. The number of nitrogens with one attached hydrogen (secondary N) is 1. The van der Waals surface area contributed by atoms with Crippen LogP contribution in [0.15, 0.2) is 12.7 Å². The van der Waals surface area contributed by atoms with Crippen molar-refractivity contribution in [2.24, 2.45) is 0 Å². The minimum atomic E-state index is -4.51. The van der Waals surface area contributed by atoms with E-state index in [0.29, 0.717) is 0 Å². The summed E-state index contributed by atoms with van der Waals surface area (Å²) in [5, 5.41) is 31.9.